The zero-order chi connectivity index (χ0) is 14.3. The first-order chi connectivity index (χ1) is 10.3. The molecule has 1 amide bonds. The molecule has 0 saturated carbocycles. The first-order valence-electron chi connectivity index (χ1n) is 7.20. The molecule has 2 fully saturated rings. The smallest absolute Gasteiger partial charge is 0.246 e. The molecule has 4 rings (SSSR count). The molecule has 2 aromatic heterocycles. The Balaban J connectivity index is 1.52. The number of pyridine rings is 1. The molecule has 7 heteroatoms. The summed E-state index contributed by atoms with van der Waals surface area (Å²) >= 11 is 0. The van der Waals surface area contributed by atoms with E-state index in [1.165, 1.54) is 0 Å². The lowest BCUT2D eigenvalue weighted by Crippen LogP contribution is -2.57. The van der Waals surface area contributed by atoms with Crippen LogP contribution in [-0.4, -0.2) is 52.9 Å². The summed E-state index contributed by atoms with van der Waals surface area (Å²) in [5.74, 6) is -0.0164. The highest BCUT2D eigenvalue weighted by Crippen LogP contribution is 2.32. The number of H-pyrrole nitrogens is 1. The molecule has 1 spiro atoms. The maximum absolute atomic E-state index is 11.2. The van der Waals surface area contributed by atoms with Gasteiger partial charge in [0.05, 0.1) is 22.9 Å². The van der Waals surface area contributed by atoms with Crippen molar-refractivity contribution in [2.45, 2.75) is 18.4 Å². The van der Waals surface area contributed by atoms with E-state index < -0.39 is 0 Å². The highest BCUT2D eigenvalue weighted by atomic mass is 16.5. The molecular weight excluding hydrogens is 270 g/mol. The third-order valence-corrected chi connectivity index (χ3v) is 4.46. The number of amides is 1. The normalized spacial score (nSPS) is 21.7. The monoisotopic (exact) mass is 287 g/mol. The van der Waals surface area contributed by atoms with Gasteiger partial charge in [-0.05, 0) is 18.9 Å². The zero-order valence-electron chi connectivity index (χ0n) is 11.6. The van der Waals surface area contributed by atoms with Crippen molar-refractivity contribution in [1.29, 1.82) is 0 Å². The van der Waals surface area contributed by atoms with Crippen molar-refractivity contribution >= 4 is 22.6 Å². The molecule has 0 aliphatic carbocycles. The molecule has 2 saturated heterocycles. The van der Waals surface area contributed by atoms with Crippen molar-refractivity contribution in [2.75, 3.05) is 31.1 Å². The number of anilines is 1. The van der Waals surface area contributed by atoms with E-state index in [0.717, 1.165) is 42.7 Å². The van der Waals surface area contributed by atoms with Crippen molar-refractivity contribution in [3.05, 3.63) is 18.5 Å². The van der Waals surface area contributed by atoms with Gasteiger partial charge in [-0.15, -0.1) is 0 Å². The Morgan fingerprint density at radius 2 is 2.19 bits per heavy atom. The summed E-state index contributed by atoms with van der Waals surface area (Å²) in [5, 5.41) is 10.9. The van der Waals surface area contributed by atoms with E-state index in [4.69, 9.17) is 4.74 Å². The number of hydrogen-bond donors (Lipinski definition) is 2. The number of aromatic nitrogens is 3. The van der Waals surface area contributed by atoms with Crippen molar-refractivity contribution in [2.24, 2.45) is 0 Å². The average molecular weight is 287 g/mol. The quantitative estimate of drug-likeness (QED) is 0.795. The molecule has 21 heavy (non-hydrogen) atoms. The van der Waals surface area contributed by atoms with Gasteiger partial charge in [0, 0.05) is 25.8 Å². The number of piperidine rings is 1. The number of ether oxygens (including phenoxy) is 1. The van der Waals surface area contributed by atoms with Crippen LogP contribution in [0.4, 0.5) is 5.69 Å². The van der Waals surface area contributed by atoms with Crippen LogP contribution in [-0.2, 0) is 9.53 Å². The molecule has 110 valence electrons. The second-order valence-corrected chi connectivity index (χ2v) is 5.70. The van der Waals surface area contributed by atoms with Crippen LogP contribution in [0, 0.1) is 0 Å². The largest absolute Gasteiger partial charge is 0.371 e. The van der Waals surface area contributed by atoms with Crippen LogP contribution in [0.15, 0.2) is 18.5 Å². The van der Waals surface area contributed by atoms with Gasteiger partial charge in [0.15, 0.2) is 5.65 Å². The number of nitrogens with zero attached hydrogens (tertiary/aromatic N) is 3. The van der Waals surface area contributed by atoms with Gasteiger partial charge in [-0.2, -0.15) is 5.10 Å². The topological polar surface area (TPSA) is 83.1 Å². The fourth-order valence-electron chi connectivity index (χ4n) is 3.17. The van der Waals surface area contributed by atoms with Crippen molar-refractivity contribution in [3.8, 4) is 0 Å². The maximum atomic E-state index is 11.2. The molecule has 4 heterocycles. The van der Waals surface area contributed by atoms with Gasteiger partial charge in [-0.3, -0.25) is 9.89 Å². The molecule has 0 radical (unpaired) electrons. The van der Waals surface area contributed by atoms with Crippen LogP contribution in [0.25, 0.3) is 11.0 Å². The van der Waals surface area contributed by atoms with E-state index in [-0.39, 0.29) is 18.1 Å². The second kappa shape index (κ2) is 4.70. The van der Waals surface area contributed by atoms with Gasteiger partial charge in [0.25, 0.3) is 0 Å². The number of carbonyl (C=O) groups is 1. The van der Waals surface area contributed by atoms with E-state index in [2.05, 4.69) is 25.4 Å². The van der Waals surface area contributed by atoms with E-state index >= 15 is 0 Å². The number of rotatable bonds is 1. The Kier molecular flexibility index (Phi) is 2.81. The third kappa shape index (κ3) is 2.13. The van der Waals surface area contributed by atoms with Crippen LogP contribution in [0.5, 0.6) is 0 Å². The predicted octanol–water partition coefficient (Wildman–Crippen LogP) is 0.443. The van der Waals surface area contributed by atoms with Crippen LogP contribution < -0.4 is 10.2 Å². The van der Waals surface area contributed by atoms with E-state index in [1.807, 2.05) is 12.3 Å². The molecule has 0 bridgehead atoms. The lowest BCUT2D eigenvalue weighted by molar-refractivity contribution is -0.146. The number of aromatic amines is 1. The summed E-state index contributed by atoms with van der Waals surface area (Å²) in [5.41, 5.74) is 1.78. The summed E-state index contributed by atoms with van der Waals surface area (Å²) in [7, 11) is 0. The molecule has 0 atom stereocenters. The lowest BCUT2D eigenvalue weighted by atomic mass is 9.89. The van der Waals surface area contributed by atoms with Crippen LogP contribution in [0.1, 0.15) is 12.8 Å². The maximum Gasteiger partial charge on any atom is 0.246 e. The van der Waals surface area contributed by atoms with Gasteiger partial charge in [0.2, 0.25) is 5.91 Å². The van der Waals surface area contributed by atoms with Crippen LogP contribution >= 0.6 is 0 Å². The molecule has 2 N–H and O–H groups in total. The Bertz CT molecular complexity index is 663. The number of morpholine rings is 1. The summed E-state index contributed by atoms with van der Waals surface area (Å²) in [6, 6.07) is 2.03. The Labute approximate surface area is 121 Å². The minimum Gasteiger partial charge on any atom is -0.371 e. The van der Waals surface area contributed by atoms with Crippen molar-refractivity contribution < 1.29 is 9.53 Å². The number of carbonyl (C=O) groups excluding carboxylic acids is 1. The summed E-state index contributed by atoms with van der Waals surface area (Å²) in [6.45, 7) is 2.61. The standard InChI is InChI=1S/C14H17N5O2/c20-12-8-21-14(9-16-12)2-5-19(6-3-14)11-1-4-15-13-10(11)7-17-18-13/h1,4,7H,2-3,5-6,8-9H2,(H,16,20)(H,15,17,18). The zero-order valence-corrected chi connectivity index (χ0v) is 11.6. The van der Waals surface area contributed by atoms with Gasteiger partial charge in [0.1, 0.15) is 6.61 Å². The molecule has 0 aromatic carbocycles. The highest BCUT2D eigenvalue weighted by molar-refractivity contribution is 5.88. The van der Waals surface area contributed by atoms with Gasteiger partial charge in [-0.25, -0.2) is 4.98 Å². The van der Waals surface area contributed by atoms with E-state index in [9.17, 15) is 4.79 Å². The SMILES string of the molecule is O=C1COC2(CCN(c3ccnc4[nH]ncc34)CC2)CN1. The lowest BCUT2D eigenvalue weighted by Gasteiger charge is -2.44. The number of fused-ring (bicyclic) bond motifs is 1. The van der Waals surface area contributed by atoms with Gasteiger partial charge < -0.3 is 15.0 Å². The first-order valence-corrected chi connectivity index (χ1v) is 7.20. The van der Waals surface area contributed by atoms with E-state index in [1.54, 1.807) is 6.20 Å². The minimum absolute atomic E-state index is 0.0164. The van der Waals surface area contributed by atoms with Gasteiger partial charge in [-0.1, -0.05) is 0 Å². The summed E-state index contributed by atoms with van der Waals surface area (Å²) in [6.07, 6.45) is 5.45. The van der Waals surface area contributed by atoms with Crippen LogP contribution in [0.2, 0.25) is 0 Å². The van der Waals surface area contributed by atoms with Crippen molar-refractivity contribution in [1.82, 2.24) is 20.5 Å². The minimum atomic E-state index is -0.188. The van der Waals surface area contributed by atoms with Gasteiger partial charge >= 0.3 is 0 Å². The number of hydrogen-bond acceptors (Lipinski definition) is 5. The average Bonchev–Trinajstić information content (AvgIpc) is 3.00. The van der Waals surface area contributed by atoms with Crippen molar-refractivity contribution in [3.63, 3.8) is 0 Å². The predicted molar refractivity (Wildman–Crippen MR) is 77.0 cm³/mol. The molecule has 0 unspecified atom stereocenters. The summed E-state index contributed by atoms with van der Waals surface area (Å²) < 4.78 is 5.81. The Hall–Kier alpha value is -2.15. The second-order valence-electron chi connectivity index (χ2n) is 5.70. The Morgan fingerprint density at radius 1 is 1.33 bits per heavy atom. The van der Waals surface area contributed by atoms with E-state index in [0.29, 0.717) is 6.54 Å². The summed E-state index contributed by atoms with van der Waals surface area (Å²) in [4.78, 5) is 17.8. The highest BCUT2D eigenvalue weighted by Gasteiger charge is 2.39. The molecular formula is C14H17N5O2. The molecule has 7 nitrogen and oxygen atoms in total. The fourth-order valence-corrected chi connectivity index (χ4v) is 3.17. The molecule has 2 aromatic rings. The molecule has 2 aliphatic heterocycles. The first kappa shape index (κ1) is 12.6. The third-order valence-electron chi connectivity index (χ3n) is 4.46. The van der Waals surface area contributed by atoms with Crippen LogP contribution in [0.3, 0.4) is 0 Å². The Morgan fingerprint density at radius 3 is 2.95 bits per heavy atom. The molecule has 2 aliphatic rings. The fraction of sp³-hybridized carbons (Fsp3) is 0.500. The number of nitrogens with one attached hydrogen (secondary N) is 2.